The number of carbonyl (C=O) groups is 4. The average Bonchev–Trinajstić information content (AvgIpc) is 3.54. The molecular weight excluding hydrogens is 594 g/mol. The van der Waals surface area contributed by atoms with E-state index in [2.05, 4.69) is 21.2 Å². The fourth-order valence-electron chi connectivity index (χ4n) is 6.31. The van der Waals surface area contributed by atoms with Gasteiger partial charge < -0.3 is 29.7 Å². The highest BCUT2D eigenvalue weighted by Crippen LogP contribution is 2.59. The number of esters is 1. The quantitative estimate of drug-likeness (QED) is 0.280. The van der Waals surface area contributed by atoms with Gasteiger partial charge in [0.25, 0.3) is 0 Å². The van der Waals surface area contributed by atoms with E-state index in [4.69, 9.17) is 9.47 Å². The topological polar surface area (TPSA) is 125 Å². The number of hydrogen-bond acceptors (Lipinski definition) is 7. The third-order valence-corrected chi connectivity index (χ3v) is 8.88. The lowest BCUT2D eigenvalue weighted by Gasteiger charge is -2.36. The van der Waals surface area contributed by atoms with Gasteiger partial charge in [0.1, 0.15) is 29.8 Å². The molecule has 4 heterocycles. The molecule has 6 atom stereocenters. The highest BCUT2D eigenvalue weighted by atomic mass is 79.9. The standard InChI is InChI=1S/C30H36BrN3O7/c1-19-17-32-22(36)12-6-3-7-13-33(18-20-10-4-2-5-11-20)28(38)26-30-16-21(31)25(41-30)23(29(39)40-19)24(30)27(37)34(26)14-8-9-15-35/h2-5,7,10-11,16,19,23-26,35H,6,8-9,12-15,17-18H2,1H3,(H,32,36)/b7-3-/t19-,23+,24-,25+,26+,30-/m1/s1. The first-order valence-electron chi connectivity index (χ1n) is 14.2. The van der Waals surface area contributed by atoms with Crippen molar-refractivity contribution in [3.63, 3.8) is 0 Å². The van der Waals surface area contributed by atoms with Gasteiger partial charge in [0.2, 0.25) is 17.7 Å². The second-order valence-corrected chi connectivity index (χ2v) is 12.0. The van der Waals surface area contributed by atoms with Crippen LogP contribution in [0.4, 0.5) is 0 Å². The molecule has 0 aromatic heterocycles. The number of ether oxygens (including phenoxy) is 2. The van der Waals surface area contributed by atoms with Gasteiger partial charge in [-0.3, -0.25) is 19.2 Å². The van der Waals surface area contributed by atoms with E-state index in [1.807, 2.05) is 42.5 Å². The first-order valence-corrected chi connectivity index (χ1v) is 15.0. The highest BCUT2D eigenvalue weighted by molar-refractivity contribution is 9.11. The Bertz CT molecular complexity index is 1240. The number of nitrogens with zero attached hydrogens (tertiary/aromatic N) is 2. The van der Waals surface area contributed by atoms with Gasteiger partial charge in [0.05, 0.1) is 12.5 Å². The van der Waals surface area contributed by atoms with Crippen LogP contribution in [0.15, 0.2) is 53.0 Å². The number of aliphatic hydroxyl groups is 1. The highest BCUT2D eigenvalue weighted by Gasteiger charge is 2.74. The van der Waals surface area contributed by atoms with Crippen LogP contribution in [0, 0.1) is 11.8 Å². The van der Waals surface area contributed by atoms with Crippen molar-refractivity contribution in [3.05, 3.63) is 58.6 Å². The molecule has 0 radical (unpaired) electrons. The van der Waals surface area contributed by atoms with Crippen molar-refractivity contribution < 1.29 is 33.8 Å². The van der Waals surface area contributed by atoms with E-state index in [0.29, 0.717) is 30.3 Å². The zero-order valence-corrected chi connectivity index (χ0v) is 24.6. The van der Waals surface area contributed by atoms with E-state index in [9.17, 15) is 24.3 Å². The largest absolute Gasteiger partial charge is 0.460 e. The SMILES string of the molecule is C[C@@H]1CNC(=O)CC/C=C\CN(Cc2ccccc2)C(=O)[C@@H]2N(CCCCO)C(=O)[C@H]3[C@H](C(=O)O1)[C@H]1O[C@@]23C=C1Br. The van der Waals surface area contributed by atoms with Gasteiger partial charge in [0, 0.05) is 37.1 Å². The summed E-state index contributed by atoms with van der Waals surface area (Å²) in [6, 6.07) is 8.59. The van der Waals surface area contributed by atoms with Crippen LogP contribution in [0.1, 0.15) is 38.2 Å². The molecular formula is C30H36BrN3O7. The number of allylic oxidation sites excluding steroid dienone is 1. The molecule has 11 heteroatoms. The molecule has 4 aliphatic heterocycles. The Labute approximate surface area is 247 Å². The summed E-state index contributed by atoms with van der Waals surface area (Å²) in [4.78, 5) is 57.8. The number of fused-ring (bicyclic) bond motifs is 2. The molecule has 0 aliphatic carbocycles. The second kappa shape index (κ2) is 12.5. The van der Waals surface area contributed by atoms with Crippen molar-refractivity contribution in [2.75, 3.05) is 26.2 Å². The Hall–Kier alpha value is -3.02. The fraction of sp³-hybridized carbons (Fsp3) is 0.533. The number of rotatable bonds is 6. The van der Waals surface area contributed by atoms with Crippen molar-refractivity contribution in [1.82, 2.24) is 15.1 Å². The molecule has 3 amide bonds. The number of benzene rings is 1. The number of halogens is 1. The molecule has 0 saturated carbocycles. The average molecular weight is 631 g/mol. The third-order valence-electron chi connectivity index (χ3n) is 8.20. The Balaban J connectivity index is 1.56. The zero-order chi connectivity index (χ0) is 29.1. The lowest BCUT2D eigenvalue weighted by Crippen LogP contribution is -2.55. The number of nitrogens with one attached hydrogen (secondary N) is 1. The molecule has 2 saturated heterocycles. The van der Waals surface area contributed by atoms with Crippen LogP contribution in [-0.4, -0.2) is 88.7 Å². The number of amides is 3. The minimum atomic E-state index is -1.34. The summed E-state index contributed by atoms with van der Waals surface area (Å²) in [6.45, 7) is 2.61. The number of unbranched alkanes of at least 4 members (excludes halogenated alkanes) is 1. The van der Waals surface area contributed by atoms with Gasteiger partial charge >= 0.3 is 5.97 Å². The Morgan fingerprint density at radius 2 is 1.88 bits per heavy atom. The normalized spacial score (nSPS) is 33.0. The van der Waals surface area contributed by atoms with Crippen LogP contribution in [-0.2, 0) is 35.2 Å². The first kappa shape index (κ1) is 29.5. The molecule has 5 bridgehead atoms. The maximum absolute atomic E-state index is 14.6. The summed E-state index contributed by atoms with van der Waals surface area (Å²) in [5.41, 5.74) is -0.418. The summed E-state index contributed by atoms with van der Waals surface area (Å²) in [6.07, 6.45) is 5.86. The minimum Gasteiger partial charge on any atom is -0.460 e. The van der Waals surface area contributed by atoms with E-state index in [0.717, 1.165) is 5.56 Å². The van der Waals surface area contributed by atoms with Crippen molar-refractivity contribution in [2.45, 2.75) is 63.0 Å². The molecule has 41 heavy (non-hydrogen) atoms. The van der Waals surface area contributed by atoms with Crippen LogP contribution < -0.4 is 5.32 Å². The molecule has 10 nitrogen and oxygen atoms in total. The van der Waals surface area contributed by atoms with E-state index in [1.165, 1.54) is 4.90 Å². The van der Waals surface area contributed by atoms with Crippen molar-refractivity contribution in [3.8, 4) is 0 Å². The Kier molecular flexibility index (Phi) is 8.96. The minimum absolute atomic E-state index is 0.0342. The number of cyclic esters (lactones) is 1. The number of carbonyl (C=O) groups excluding carboxylic acids is 4. The van der Waals surface area contributed by atoms with Gasteiger partial charge in [-0.25, -0.2) is 0 Å². The second-order valence-electron chi connectivity index (χ2n) is 11.1. The fourth-order valence-corrected chi connectivity index (χ4v) is 7.04. The molecule has 0 unspecified atom stereocenters. The van der Waals surface area contributed by atoms with Crippen LogP contribution >= 0.6 is 15.9 Å². The molecule has 1 aromatic rings. The van der Waals surface area contributed by atoms with Crippen LogP contribution in [0.2, 0.25) is 0 Å². The first-order chi connectivity index (χ1) is 19.8. The molecule has 5 rings (SSSR count). The number of likely N-dealkylation sites (tertiary alicyclic amines) is 1. The molecule has 2 N–H and O–H groups in total. The molecule has 1 spiro atoms. The van der Waals surface area contributed by atoms with E-state index in [1.54, 1.807) is 17.9 Å². The maximum atomic E-state index is 14.6. The summed E-state index contributed by atoms with van der Waals surface area (Å²) < 4.78 is 12.8. The predicted molar refractivity (Wildman–Crippen MR) is 152 cm³/mol. The molecule has 1 aromatic carbocycles. The lowest BCUT2D eigenvalue weighted by atomic mass is 9.74. The zero-order valence-electron chi connectivity index (χ0n) is 23.0. The van der Waals surface area contributed by atoms with Gasteiger partial charge in [-0.05, 0) is 37.8 Å². The monoisotopic (exact) mass is 629 g/mol. The molecule has 4 aliphatic rings. The van der Waals surface area contributed by atoms with Gasteiger partial charge in [-0.1, -0.05) is 58.4 Å². The summed E-state index contributed by atoms with van der Waals surface area (Å²) >= 11 is 3.55. The third kappa shape index (κ3) is 5.72. The smallest absolute Gasteiger partial charge is 0.313 e. The molecule has 2 fully saturated rings. The van der Waals surface area contributed by atoms with Gasteiger partial charge in [0.15, 0.2) is 0 Å². The van der Waals surface area contributed by atoms with Gasteiger partial charge in [-0.2, -0.15) is 0 Å². The summed E-state index contributed by atoms with van der Waals surface area (Å²) in [5, 5.41) is 12.2. The van der Waals surface area contributed by atoms with E-state index in [-0.39, 0.29) is 50.4 Å². The van der Waals surface area contributed by atoms with E-state index < -0.39 is 41.7 Å². The molecule has 220 valence electrons. The van der Waals surface area contributed by atoms with Gasteiger partial charge in [-0.15, -0.1) is 0 Å². The number of hydrogen-bond donors (Lipinski definition) is 2. The van der Waals surface area contributed by atoms with Crippen LogP contribution in [0.5, 0.6) is 0 Å². The van der Waals surface area contributed by atoms with Crippen molar-refractivity contribution in [1.29, 1.82) is 0 Å². The van der Waals surface area contributed by atoms with Crippen LogP contribution in [0.3, 0.4) is 0 Å². The predicted octanol–water partition coefficient (Wildman–Crippen LogP) is 2.06. The van der Waals surface area contributed by atoms with Crippen molar-refractivity contribution >= 4 is 39.6 Å². The van der Waals surface area contributed by atoms with E-state index >= 15 is 0 Å². The lowest BCUT2D eigenvalue weighted by molar-refractivity contribution is -0.158. The Morgan fingerprint density at radius 3 is 2.63 bits per heavy atom. The van der Waals surface area contributed by atoms with Crippen LogP contribution in [0.25, 0.3) is 0 Å². The van der Waals surface area contributed by atoms with Crippen molar-refractivity contribution in [2.24, 2.45) is 11.8 Å². The number of aliphatic hydroxyl groups excluding tert-OH is 1. The summed E-state index contributed by atoms with van der Waals surface area (Å²) in [7, 11) is 0. The Morgan fingerprint density at radius 1 is 1.10 bits per heavy atom. The maximum Gasteiger partial charge on any atom is 0.313 e. The summed E-state index contributed by atoms with van der Waals surface area (Å²) in [5.74, 6) is -3.27.